The van der Waals surface area contributed by atoms with Gasteiger partial charge >= 0.3 is 0 Å². The number of rotatable bonds is 4. The van der Waals surface area contributed by atoms with E-state index in [4.69, 9.17) is 0 Å². The Balaban J connectivity index is 2.06. The summed E-state index contributed by atoms with van der Waals surface area (Å²) in [6, 6.07) is 12.1. The summed E-state index contributed by atoms with van der Waals surface area (Å²) in [5.74, 6) is 0.0785. The van der Waals surface area contributed by atoms with Crippen molar-refractivity contribution < 1.29 is 23.7 Å². The quantitative estimate of drug-likeness (QED) is 0.766. The molecule has 1 aliphatic heterocycles. The first kappa shape index (κ1) is 16.9. The summed E-state index contributed by atoms with van der Waals surface area (Å²) in [5.41, 5.74) is 1.06. The lowest BCUT2D eigenvalue weighted by Gasteiger charge is -2.39. The molecular formula is C17H19NO5S. The molecule has 6 nitrogen and oxygen atoms in total. The number of phenolic OH excluding ortho intramolecular Hbond substituents is 1. The van der Waals surface area contributed by atoms with E-state index < -0.39 is 22.2 Å². The SMILES string of the molecule is O=S1(=O)c2ccccc2[C@@H](O)[C@@H](Cc2cccc(O)c2)N1CCO. The van der Waals surface area contributed by atoms with Crippen molar-refractivity contribution in [2.24, 2.45) is 0 Å². The van der Waals surface area contributed by atoms with E-state index in [0.717, 1.165) is 4.31 Å². The summed E-state index contributed by atoms with van der Waals surface area (Å²) in [6.45, 7) is -0.443. The van der Waals surface area contributed by atoms with E-state index in [-0.39, 0.29) is 30.2 Å². The van der Waals surface area contributed by atoms with Gasteiger partial charge in [0, 0.05) is 12.1 Å². The van der Waals surface area contributed by atoms with Crippen molar-refractivity contribution in [3.05, 3.63) is 59.7 Å². The van der Waals surface area contributed by atoms with E-state index >= 15 is 0 Å². The smallest absolute Gasteiger partial charge is 0.243 e. The molecule has 0 aliphatic carbocycles. The van der Waals surface area contributed by atoms with Crippen LogP contribution >= 0.6 is 0 Å². The zero-order valence-corrected chi connectivity index (χ0v) is 13.7. The number of aliphatic hydroxyl groups is 2. The van der Waals surface area contributed by atoms with E-state index in [1.807, 2.05) is 0 Å². The molecule has 0 fully saturated rings. The first-order chi connectivity index (χ1) is 11.4. The molecule has 0 saturated carbocycles. The standard InChI is InChI=1S/C17H19NO5S/c19-9-8-18-15(11-12-4-3-5-13(20)10-12)17(21)14-6-1-2-7-16(14)24(18,22)23/h1-7,10,15,17,19-21H,8-9,11H2/t15-,17-/m1/s1. The average molecular weight is 349 g/mol. The van der Waals surface area contributed by atoms with Gasteiger partial charge in [0.1, 0.15) is 5.75 Å². The number of aliphatic hydroxyl groups excluding tert-OH is 2. The third kappa shape index (κ3) is 2.91. The van der Waals surface area contributed by atoms with E-state index in [0.29, 0.717) is 11.1 Å². The molecule has 1 heterocycles. The first-order valence-electron chi connectivity index (χ1n) is 7.63. The minimum atomic E-state index is -3.81. The fourth-order valence-corrected chi connectivity index (χ4v) is 5.01. The monoisotopic (exact) mass is 349 g/mol. The number of β-amino-alcohol motifs (C(OH)–C–C–N with tert-alkyl or cyclic N) is 1. The van der Waals surface area contributed by atoms with Gasteiger partial charge in [-0.05, 0) is 30.2 Å². The zero-order valence-electron chi connectivity index (χ0n) is 12.9. The number of nitrogens with zero attached hydrogens (tertiary/aromatic N) is 1. The van der Waals surface area contributed by atoms with Crippen molar-refractivity contribution in [1.29, 1.82) is 0 Å². The maximum atomic E-state index is 12.9. The van der Waals surface area contributed by atoms with Crippen LogP contribution in [0, 0.1) is 0 Å². The van der Waals surface area contributed by atoms with Crippen LogP contribution in [0.15, 0.2) is 53.4 Å². The average Bonchev–Trinajstić information content (AvgIpc) is 2.56. The summed E-state index contributed by atoms with van der Waals surface area (Å²) in [5, 5.41) is 29.6. The largest absolute Gasteiger partial charge is 0.508 e. The molecule has 3 N–H and O–H groups in total. The second-order valence-electron chi connectivity index (χ2n) is 5.76. The molecule has 0 spiro atoms. The van der Waals surface area contributed by atoms with Crippen molar-refractivity contribution >= 4 is 10.0 Å². The van der Waals surface area contributed by atoms with Crippen molar-refractivity contribution in [1.82, 2.24) is 4.31 Å². The molecule has 2 atom stereocenters. The molecule has 0 amide bonds. The van der Waals surface area contributed by atoms with Gasteiger partial charge < -0.3 is 15.3 Å². The Morgan fingerprint density at radius 1 is 1.08 bits per heavy atom. The maximum Gasteiger partial charge on any atom is 0.243 e. The highest BCUT2D eigenvalue weighted by molar-refractivity contribution is 7.89. The van der Waals surface area contributed by atoms with Gasteiger partial charge in [-0.25, -0.2) is 8.42 Å². The van der Waals surface area contributed by atoms with Crippen LogP contribution in [-0.2, 0) is 16.4 Å². The topological polar surface area (TPSA) is 98.1 Å². The van der Waals surface area contributed by atoms with E-state index in [2.05, 4.69) is 0 Å². The molecule has 128 valence electrons. The Kier molecular flexibility index (Phi) is 4.60. The molecule has 24 heavy (non-hydrogen) atoms. The van der Waals surface area contributed by atoms with Crippen molar-refractivity contribution in [3.8, 4) is 5.75 Å². The van der Waals surface area contributed by atoms with Gasteiger partial charge in [0.05, 0.1) is 23.6 Å². The highest BCUT2D eigenvalue weighted by Crippen LogP contribution is 2.37. The van der Waals surface area contributed by atoms with Gasteiger partial charge in [-0.3, -0.25) is 0 Å². The summed E-state index contributed by atoms with van der Waals surface area (Å²) in [6.07, 6.45) is -0.790. The maximum absolute atomic E-state index is 12.9. The highest BCUT2D eigenvalue weighted by Gasteiger charge is 2.43. The third-order valence-electron chi connectivity index (χ3n) is 4.23. The molecule has 2 aromatic rings. The molecular weight excluding hydrogens is 330 g/mol. The fourth-order valence-electron chi connectivity index (χ4n) is 3.15. The zero-order chi connectivity index (χ0) is 17.3. The summed E-state index contributed by atoms with van der Waals surface area (Å²) in [4.78, 5) is 0.0677. The number of hydrogen-bond donors (Lipinski definition) is 3. The molecule has 0 unspecified atom stereocenters. The minimum Gasteiger partial charge on any atom is -0.508 e. The number of phenols is 1. The Morgan fingerprint density at radius 3 is 2.54 bits per heavy atom. The Labute approximate surface area is 140 Å². The summed E-state index contributed by atoms with van der Waals surface area (Å²) in [7, 11) is -3.81. The van der Waals surface area contributed by atoms with E-state index in [1.165, 1.54) is 18.2 Å². The van der Waals surface area contributed by atoms with Crippen LogP contribution in [0.2, 0.25) is 0 Å². The molecule has 0 aromatic heterocycles. The van der Waals surface area contributed by atoms with Crippen LogP contribution in [0.5, 0.6) is 5.75 Å². The molecule has 7 heteroatoms. The normalized spacial score (nSPS) is 22.9. The third-order valence-corrected chi connectivity index (χ3v) is 6.23. The van der Waals surface area contributed by atoms with Crippen LogP contribution in [0.25, 0.3) is 0 Å². The van der Waals surface area contributed by atoms with E-state index in [9.17, 15) is 23.7 Å². The summed E-state index contributed by atoms with van der Waals surface area (Å²) >= 11 is 0. The lowest BCUT2D eigenvalue weighted by atomic mass is 9.95. The molecule has 3 rings (SSSR count). The minimum absolute atomic E-state index is 0.0677. The van der Waals surface area contributed by atoms with Gasteiger partial charge in [-0.1, -0.05) is 30.3 Å². The number of hydrogen-bond acceptors (Lipinski definition) is 5. The van der Waals surface area contributed by atoms with E-state index in [1.54, 1.807) is 30.3 Å². The predicted octanol–water partition coefficient (Wildman–Crippen LogP) is 1.03. The predicted molar refractivity (Wildman–Crippen MR) is 88.0 cm³/mol. The molecule has 1 aliphatic rings. The molecule has 2 aromatic carbocycles. The number of fused-ring (bicyclic) bond motifs is 1. The van der Waals surface area contributed by atoms with Gasteiger partial charge in [0.2, 0.25) is 10.0 Å². The van der Waals surface area contributed by atoms with Crippen LogP contribution in [-0.4, -0.2) is 47.2 Å². The second kappa shape index (κ2) is 6.52. The van der Waals surface area contributed by atoms with Crippen LogP contribution < -0.4 is 0 Å². The Hall–Kier alpha value is -1.93. The molecule has 0 saturated heterocycles. The Morgan fingerprint density at radius 2 is 1.83 bits per heavy atom. The highest BCUT2D eigenvalue weighted by atomic mass is 32.2. The van der Waals surface area contributed by atoms with Gasteiger partial charge in [-0.2, -0.15) is 4.31 Å². The van der Waals surface area contributed by atoms with Crippen molar-refractivity contribution in [2.45, 2.75) is 23.5 Å². The van der Waals surface area contributed by atoms with Gasteiger partial charge in [0.25, 0.3) is 0 Å². The summed E-state index contributed by atoms with van der Waals surface area (Å²) < 4.78 is 26.9. The number of sulfonamides is 1. The van der Waals surface area contributed by atoms with Crippen molar-refractivity contribution in [2.75, 3.05) is 13.2 Å². The molecule has 0 radical (unpaired) electrons. The van der Waals surface area contributed by atoms with Crippen molar-refractivity contribution in [3.63, 3.8) is 0 Å². The van der Waals surface area contributed by atoms with Crippen LogP contribution in [0.4, 0.5) is 0 Å². The molecule has 0 bridgehead atoms. The van der Waals surface area contributed by atoms with Gasteiger partial charge in [0.15, 0.2) is 0 Å². The number of benzene rings is 2. The van der Waals surface area contributed by atoms with Gasteiger partial charge in [-0.15, -0.1) is 0 Å². The first-order valence-corrected chi connectivity index (χ1v) is 9.07. The lowest BCUT2D eigenvalue weighted by molar-refractivity contribution is 0.0724. The lowest BCUT2D eigenvalue weighted by Crippen LogP contribution is -2.50. The second-order valence-corrected chi connectivity index (χ2v) is 7.62. The van der Waals surface area contributed by atoms with Crippen LogP contribution in [0.1, 0.15) is 17.2 Å². The van der Waals surface area contributed by atoms with Crippen LogP contribution in [0.3, 0.4) is 0 Å². The fraction of sp³-hybridized carbons (Fsp3) is 0.294. The number of aromatic hydroxyl groups is 1. The Bertz CT molecular complexity index is 836.